The molecule has 1 N–H and O–H groups in total. The number of aromatic nitrogens is 1. The lowest BCUT2D eigenvalue weighted by atomic mass is 10.2. The van der Waals surface area contributed by atoms with Crippen LogP contribution in [-0.2, 0) is 4.79 Å². The third-order valence-electron chi connectivity index (χ3n) is 4.04. The minimum absolute atomic E-state index is 0.0547. The Hall–Kier alpha value is -2.89. The minimum Gasteiger partial charge on any atom is -0.354 e. The Labute approximate surface area is 141 Å². The smallest absolute Gasteiger partial charge is 0.255 e. The molecule has 2 aromatic rings. The lowest BCUT2D eigenvalue weighted by Gasteiger charge is -2.32. The first-order valence-electron chi connectivity index (χ1n) is 7.93. The van der Waals surface area contributed by atoms with E-state index in [-0.39, 0.29) is 5.91 Å². The molecule has 0 radical (unpaired) electrons. The summed E-state index contributed by atoms with van der Waals surface area (Å²) in [5.74, 6) is -0.0547. The van der Waals surface area contributed by atoms with Crippen molar-refractivity contribution in [2.24, 2.45) is 0 Å². The molecule has 2 heterocycles. The molecule has 1 aromatic carbocycles. The van der Waals surface area contributed by atoms with E-state index >= 15 is 0 Å². The van der Waals surface area contributed by atoms with E-state index in [4.69, 9.17) is 0 Å². The number of pyridine rings is 1. The summed E-state index contributed by atoms with van der Waals surface area (Å²) in [6.07, 6.45) is 4.11. The molecule has 0 atom stereocenters. The molecule has 0 aliphatic carbocycles. The molecule has 124 valence electrons. The zero-order chi connectivity index (χ0) is 16.9. The van der Waals surface area contributed by atoms with Crippen molar-refractivity contribution in [2.45, 2.75) is 6.92 Å². The van der Waals surface area contributed by atoms with E-state index in [1.807, 2.05) is 37.3 Å². The third kappa shape index (κ3) is 3.71. The van der Waals surface area contributed by atoms with Gasteiger partial charge in [-0.1, -0.05) is 12.1 Å². The zero-order valence-corrected chi connectivity index (χ0v) is 13.6. The second-order valence-electron chi connectivity index (χ2n) is 5.89. The molecule has 1 saturated heterocycles. The van der Waals surface area contributed by atoms with Gasteiger partial charge in [-0.2, -0.15) is 0 Å². The summed E-state index contributed by atoms with van der Waals surface area (Å²) in [6, 6.07) is 9.83. The van der Waals surface area contributed by atoms with Gasteiger partial charge in [0.1, 0.15) is 0 Å². The molecule has 0 spiro atoms. The van der Waals surface area contributed by atoms with Gasteiger partial charge in [0, 0.05) is 38.1 Å². The fraction of sp³-hybridized carbons (Fsp3) is 0.278. The van der Waals surface area contributed by atoms with Crippen molar-refractivity contribution in [2.75, 3.05) is 31.5 Å². The highest BCUT2D eigenvalue weighted by Crippen LogP contribution is 2.18. The number of rotatable bonds is 4. The van der Waals surface area contributed by atoms with Gasteiger partial charge in [-0.3, -0.25) is 14.6 Å². The number of hydrogen-bond acceptors (Lipinski definition) is 4. The normalized spacial score (nSPS) is 14.4. The van der Waals surface area contributed by atoms with Gasteiger partial charge in [-0.25, -0.2) is 0 Å². The summed E-state index contributed by atoms with van der Waals surface area (Å²) in [5, 5.41) is 3.27. The van der Waals surface area contributed by atoms with E-state index in [1.165, 1.54) is 0 Å². The molecular formula is C18H20N4O2. The van der Waals surface area contributed by atoms with E-state index in [9.17, 15) is 9.59 Å². The number of hydrogen-bond donors (Lipinski definition) is 1. The van der Waals surface area contributed by atoms with Gasteiger partial charge < -0.3 is 15.1 Å². The highest BCUT2D eigenvalue weighted by atomic mass is 16.2. The number of nitrogens with zero attached hydrogens (tertiary/aromatic N) is 3. The Morgan fingerprint density at radius 3 is 2.62 bits per heavy atom. The number of nitrogens with one attached hydrogen (secondary N) is 1. The van der Waals surface area contributed by atoms with E-state index in [0.29, 0.717) is 31.7 Å². The fourth-order valence-electron chi connectivity index (χ4n) is 2.73. The van der Waals surface area contributed by atoms with Gasteiger partial charge in [0.15, 0.2) is 0 Å². The first-order chi connectivity index (χ1) is 11.7. The summed E-state index contributed by atoms with van der Waals surface area (Å²) in [7, 11) is 0. The van der Waals surface area contributed by atoms with Crippen LogP contribution in [0.3, 0.4) is 0 Å². The average molecular weight is 324 g/mol. The van der Waals surface area contributed by atoms with Crippen molar-refractivity contribution in [1.29, 1.82) is 0 Å². The molecule has 2 amide bonds. The molecule has 24 heavy (non-hydrogen) atoms. The van der Waals surface area contributed by atoms with Gasteiger partial charge in [0.25, 0.3) is 5.91 Å². The molecule has 6 heteroatoms. The summed E-state index contributed by atoms with van der Waals surface area (Å²) in [6.45, 7) is 4.27. The molecule has 1 aromatic heterocycles. The molecule has 1 aliphatic heterocycles. The maximum atomic E-state index is 12.6. The first-order valence-corrected chi connectivity index (χ1v) is 7.93. The largest absolute Gasteiger partial charge is 0.354 e. The van der Waals surface area contributed by atoms with Crippen LogP contribution >= 0.6 is 0 Å². The predicted molar refractivity (Wildman–Crippen MR) is 92.2 cm³/mol. The first kappa shape index (κ1) is 16.0. The molecule has 0 unspecified atom stereocenters. The van der Waals surface area contributed by atoms with Crippen LogP contribution in [-0.4, -0.2) is 53.3 Å². The number of carbonyl (C=O) groups is 2. The van der Waals surface area contributed by atoms with Crippen molar-refractivity contribution in [1.82, 2.24) is 14.8 Å². The number of carbonyl (C=O) groups excluding carboxylic acids is 2. The maximum Gasteiger partial charge on any atom is 0.255 e. The van der Waals surface area contributed by atoms with Crippen LogP contribution in [0.15, 0.2) is 42.7 Å². The van der Waals surface area contributed by atoms with Gasteiger partial charge in [-0.15, -0.1) is 0 Å². The van der Waals surface area contributed by atoms with Crippen molar-refractivity contribution in [3.63, 3.8) is 0 Å². The molecule has 6 nitrogen and oxygen atoms in total. The summed E-state index contributed by atoms with van der Waals surface area (Å²) in [4.78, 5) is 31.0. The van der Waals surface area contributed by atoms with Gasteiger partial charge >= 0.3 is 0 Å². The SMILES string of the molecule is Cc1cccc(Nc2cncc(C(=O)N3CCN(C=O)CC3)c2)c1. The van der Waals surface area contributed by atoms with Crippen LogP contribution in [0.2, 0.25) is 0 Å². The second-order valence-corrected chi connectivity index (χ2v) is 5.89. The molecular weight excluding hydrogens is 304 g/mol. The van der Waals surface area contributed by atoms with Crippen LogP contribution in [0.1, 0.15) is 15.9 Å². The van der Waals surface area contributed by atoms with Crippen molar-refractivity contribution in [3.05, 3.63) is 53.9 Å². The molecule has 0 bridgehead atoms. The predicted octanol–water partition coefficient (Wildman–Crippen LogP) is 2.05. The van der Waals surface area contributed by atoms with E-state index in [2.05, 4.69) is 10.3 Å². The van der Waals surface area contributed by atoms with Crippen LogP contribution in [0.5, 0.6) is 0 Å². The van der Waals surface area contributed by atoms with Gasteiger partial charge in [-0.05, 0) is 30.7 Å². The number of piperazine rings is 1. The Morgan fingerprint density at radius 2 is 1.92 bits per heavy atom. The topological polar surface area (TPSA) is 65.5 Å². The Morgan fingerprint density at radius 1 is 1.12 bits per heavy atom. The lowest BCUT2D eigenvalue weighted by Crippen LogP contribution is -2.48. The summed E-state index contributed by atoms with van der Waals surface area (Å²) < 4.78 is 0. The highest BCUT2D eigenvalue weighted by molar-refractivity contribution is 5.95. The lowest BCUT2D eigenvalue weighted by molar-refractivity contribution is -0.119. The second kappa shape index (κ2) is 7.12. The molecule has 1 fully saturated rings. The van der Waals surface area contributed by atoms with E-state index in [1.54, 1.807) is 22.2 Å². The fourth-order valence-corrected chi connectivity index (χ4v) is 2.73. The summed E-state index contributed by atoms with van der Waals surface area (Å²) >= 11 is 0. The Balaban J connectivity index is 1.71. The number of anilines is 2. The van der Waals surface area contributed by atoms with Crippen LogP contribution in [0.25, 0.3) is 0 Å². The standard InChI is InChI=1S/C18H20N4O2/c1-14-3-2-4-16(9-14)20-17-10-15(11-19-12-17)18(24)22-7-5-21(13-23)6-8-22/h2-4,9-13,20H,5-8H2,1H3. The Bertz CT molecular complexity index is 739. The zero-order valence-electron chi connectivity index (χ0n) is 13.6. The minimum atomic E-state index is -0.0547. The van der Waals surface area contributed by atoms with Crippen molar-refractivity contribution >= 4 is 23.7 Å². The quantitative estimate of drug-likeness (QED) is 0.874. The third-order valence-corrected chi connectivity index (χ3v) is 4.04. The van der Waals surface area contributed by atoms with Crippen molar-refractivity contribution < 1.29 is 9.59 Å². The van der Waals surface area contributed by atoms with Crippen LogP contribution in [0.4, 0.5) is 11.4 Å². The molecule has 0 saturated carbocycles. The Kier molecular flexibility index (Phi) is 4.74. The van der Waals surface area contributed by atoms with E-state index in [0.717, 1.165) is 23.3 Å². The van der Waals surface area contributed by atoms with Crippen LogP contribution in [0, 0.1) is 6.92 Å². The number of amides is 2. The van der Waals surface area contributed by atoms with E-state index < -0.39 is 0 Å². The summed E-state index contributed by atoms with van der Waals surface area (Å²) in [5.41, 5.74) is 3.44. The average Bonchev–Trinajstić information content (AvgIpc) is 2.61. The molecule has 1 aliphatic rings. The molecule has 3 rings (SSSR count). The van der Waals surface area contributed by atoms with Gasteiger partial charge in [0.05, 0.1) is 17.4 Å². The number of benzene rings is 1. The van der Waals surface area contributed by atoms with Crippen molar-refractivity contribution in [3.8, 4) is 0 Å². The van der Waals surface area contributed by atoms with Crippen LogP contribution < -0.4 is 5.32 Å². The monoisotopic (exact) mass is 324 g/mol. The van der Waals surface area contributed by atoms with Gasteiger partial charge in [0.2, 0.25) is 6.41 Å². The highest BCUT2D eigenvalue weighted by Gasteiger charge is 2.21. The number of aryl methyl sites for hydroxylation is 1. The maximum absolute atomic E-state index is 12.6.